The average Bonchev–Trinajstić information content (AvgIpc) is 2.89. The Morgan fingerprint density at radius 3 is 3.10 bits per heavy atom. The molecule has 2 aromatic rings. The lowest BCUT2D eigenvalue weighted by molar-refractivity contribution is -0.120. The molecule has 3 rings (SSSR count). The van der Waals surface area contributed by atoms with Crippen LogP contribution >= 0.6 is 11.8 Å². The minimum absolute atomic E-state index is 0.0180. The van der Waals surface area contributed by atoms with E-state index in [1.165, 1.54) is 16.0 Å². The second kappa shape index (κ2) is 5.67. The summed E-state index contributed by atoms with van der Waals surface area (Å²) in [7, 11) is 0. The van der Waals surface area contributed by atoms with Crippen molar-refractivity contribution in [1.82, 2.24) is 10.3 Å². The first-order valence-electron chi connectivity index (χ1n) is 6.66. The van der Waals surface area contributed by atoms with Crippen LogP contribution in [0.15, 0.2) is 47.5 Å². The first-order valence-corrected chi connectivity index (χ1v) is 7.54. The van der Waals surface area contributed by atoms with Gasteiger partial charge in [0.25, 0.3) is 0 Å². The fourth-order valence-electron chi connectivity index (χ4n) is 2.28. The van der Waals surface area contributed by atoms with Crippen LogP contribution in [0.5, 0.6) is 0 Å². The number of nitrogens with zero attached hydrogens (tertiary/aromatic N) is 1. The molecule has 1 aliphatic heterocycles. The van der Waals surface area contributed by atoms with E-state index in [1.54, 1.807) is 18.0 Å². The predicted molar refractivity (Wildman–Crippen MR) is 80.6 cm³/mol. The van der Waals surface area contributed by atoms with Gasteiger partial charge in [-0.3, -0.25) is 9.78 Å². The monoisotopic (exact) mass is 284 g/mol. The van der Waals surface area contributed by atoms with Crippen molar-refractivity contribution < 1.29 is 4.79 Å². The number of pyridine rings is 1. The highest BCUT2D eigenvalue weighted by molar-refractivity contribution is 8.01. The van der Waals surface area contributed by atoms with Crippen LogP contribution in [0.2, 0.25) is 0 Å². The van der Waals surface area contributed by atoms with Crippen LogP contribution in [0, 0.1) is 6.92 Å². The smallest absolute Gasteiger partial charge is 0.234 e. The van der Waals surface area contributed by atoms with Gasteiger partial charge in [0, 0.05) is 11.1 Å². The number of aromatic nitrogens is 1. The summed E-state index contributed by atoms with van der Waals surface area (Å²) in [6, 6.07) is 12.1. The summed E-state index contributed by atoms with van der Waals surface area (Å²) >= 11 is 1.66. The van der Waals surface area contributed by atoms with Crippen molar-refractivity contribution in [2.75, 3.05) is 0 Å². The van der Waals surface area contributed by atoms with Crippen molar-refractivity contribution in [2.24, 2.45) is 0 Å². The highest BCUT2D eigenvalue weighted by Crippen LogP contribution is 2.37. The number of amides is 1. The summed E-state index contributed by atoms with van der Waals surface area (Å²) in [4.78, 5) is 17.7. The molecule has 0 bridgehead atoms. The van der Waals surface area contributed by atoms with E-state index in [9.17, 15) is 4.79 Å². The Kier molecular flexibility index (Phi) is 3.74. The molecule has 4 heteroatoms. The Morgan fingerprint density at radius 2 is 2.30 bits per heavy atom. The quantitative estimate of drug-likeness (QED) is 0.942. The van der Waals surface area contributed by atoms with Crippen LogP contribution < -0.4 is 5.32 Å². The third-order valence-corrected chi connectivity index (χ3v) is 4.66. The van der Waals surface area contributed by atoms with Crippen LogP contribution in [-0.4, -0.2) is 16.1 Å². The molecule has 0 saturated heterocycles. The molecule has 1 atom stereocenters. The number of fused-ring (bicyclic) bond motifs is 1. The van der Waals surface area contributed by atoms with Gasteiger partial charge in [-0.05, 0) is 37.1 Å². The zero-order chi connectivity index (χ0) is 13.9. The van der Waals surface area contributed by atoms with Gasteiger partial charge in [0.15, 0.2) is 0 Å². The van der Waals surface area contributed by atoms with Crippen molar-refractivity contribution in [1.29, 1.82) is 0 Å². The molecular formula is C16H16N2OS. The molecule has 0 spiro atoms. The van der Waals surface area contributed by atoms with Gasteiger partial charge in [-0.25, -0.2) is 0 Å². The van der Waals surface area contributed by atoms with E-state index in [2.05, 4.69) is 35.4 Å². The number of aryl methyl sites for hydroxylation is 1. The van der Waals surface area contributed by atoms with Gasteiger partial charge >= 0.3 is 0 Å². The van der Waals surface area contributed by atoms with Crippen molar-refractivity contribution >= 4 is 17.7 Å². The SMILES string of the molecule is Cc1ccc2c(c1)S[C@H](C(=O)NCc1ccccn1)C2. The lowest BCUT2D eigenvalue weighted by atomic mass is 10.1. The van der Waals surface area contributed by atoms with Crippen molar-refractivity contribution in [3.05, 3.63) is 59.4 Å². The number of hydrogen-bond donors (Lipinski definition) is 1. The third-order valence-electron chi connectivity index (χ3n) is 3.36. The predicted octanol–water partition coefficient (Wildman–Crippen LogP) is 2.72. The molecule has 0 saturated carbocycles. The van der Waals surface area contributed by atoms with Crippen molar-refractivity contribution in [3.8, 4) is 0 Å². The van der Waals surface area contributed by atoms with Gasteiger partial charge < -0.3 is 5.32 Å². The number of hydrogen-bond acceptors (Lipinski definition) is 3. The molecule has 1 aromatic heterocycles. The average molecular weight is 284 g/mol. The zero-order valence-corrected chi connectivity index (χ0v) is 12.1. The van der Waals surface area contributed by atoms with Gasteiger partial charge in [0.1, 0.15) is 0 Å². The second-order valence-electron chi connectivity index (χ2n) is 4.96. The molecule has 102 valence electrons. The Labute approximate surface area is 122 Å². The number of carbonyl (C=O) groups is 1. The van der Waals surface area contributed by atoms with Crippen LogP contribution in [-0.2, 0) is 17.8 Å². The van der Waals surface area contributed by atoms with Gasteiger partial charge in [-0.15, -0.1) is 11.8 Å². The molecule has 0 aliphatic carbocycles. The second-order valence-corrected chi connectivity index (χ2v) is 6.21. The fourth-order valence-corrected chi connectivity index (χ4v) is 3.59. The molecule has 0 unspecified atom stereocenters. The maximum atomic E-state index is 12.2. The van der Waals surface area contributed by atoms with E-state index in [0.717, 1.165) is 12.1 Å². The van der Waals surface area contributed by atoms with E-state index in [4.69, 9.17) is 0 Å². The lowest BCUT2D eigenvalue weighted by Gasteiger charge is -2.09. The molecule has 0 radical (unpaired) electrons. The maximum Gasteiger partial charge on any atom is 0.234 e. The highest BCUT2D eigenvalue weighted by Gasteiger charge is 2.27. The minimum atomic E-state index is -0.0180. The standard InChI is InChI=1S/C16H16N2OS/c1-11-5-6-12-9-15(20-14(12)8-11)16(19)18-10-13-4-2-3-7-17-13/h2-8,15H,9-10H2,1H3,(H,18,19)/t15-/m0/s1. The van der Waals surface area contributed by atoms with Crippen LogP contribution in [0.3, 0.4) is 0 Å². The fraction of sp³-hybridized carbons (Fsp3) is 0.250. The Balaban J connectivity index is 1.60. The number of carbonyl (C=O) groups excluding carboxylic acids is 1. The zero-order valence-electron chi connectivity index (χ0n) is 11.3. The molecule has 1 amide bonds. The summed E-state index contributed by atoms with van der Waals surface area (Å²) in [5, 5.41) is 2.95. The summed E-state index contributed by atoms with van der Waals surface area (Å²) < 4.78 is 0. The number of rotatable bonds is 3. The van der Waals surface area contributed by atoms with Crippen LogP contribution in [0.1, 0.15) is 16.8 Å². The summed E-state index contributed by atoms with van der Waals surface area (Å²) in [5.41, 5.74) is 3.40. The van der Waals surface area contributed by atoms with E-state index in [1.807, 2.05) is 18.2 Å². The first-order chi connectivity index (χ1) is 9.72. The molecule has 1 aromatic carbocycles. The Hall–Kier alpha value is -1.81. The van der Waals surface area contributed by atoms with Gasteiger partial charge in [-0.1, -0.05) is 23.8 Å². The van der Waals surface area contributed by atoms with Gasteiger partial charge in [0.2, 0.25) is 5.91 Å². The lowest BCUT2D eigenvalue weighted by Crippen LogP contribution is -2.32. The minimum Gasteiger partial charge on any atom is -0.349 e. The topological polar surface area (TPSA) is 42.0 Å². The Morgan fingerprint density at radius 1 is 1.40 bits per heavy atom. The Bertz CT molecular complexity index is 628. The number of thioether (sulfide) groups is 1. The van der Waals surface area contributed by atoms with Crippen molar-refractivity contribution in [3.63, 3.8) is 0 Å². The number of nitrogens with one attached hydrogen (secondary N) is 1. The molecule has 2 heterocycles. The van der Waals surface area contributed by atoms with E-state index in [0.29, 0.717) is 6.54 Å². The molecule has 0 fully saturated rings. The maximum absolute atomic E-state index is 12.2. The van der Waals surface area contributed by atoms with E-state index >= 15 is 0 Å². The number of benzene rings is 1. The molecule has 3 nitrogen and oxygen atoms in total. The van der Waals surface area contributed by atoms with Crippen molar-refractivity contribution in [2.45, 2.75) is 30.0 Å². The molecule has 20 heavy (non-hydrogen) atoms. The largest absolute Gasteiger partial charge is 0.349 e. The molecule has 1 aliphatic rings. The van der Waals surface area contributed by atoms with Gasteiger partial charge in [0.05, 0.1) is 17.5 Å². The van der Waals surface area contributed by atoms with Crippen LogP contribution in [0.25, 0.3) is 0 Å². The van der Waals surface area contributed by atoms with E-state index in [-0.39, 0.29) is 11.2 Å². The molecular weight excluding hydrogens is 268 g/mol. The molecule has 1 N–H and O–H groups in total. The highest BCUT2D eigenvalue weighted by atomic mass is 32.2. The summed E-state index contributed by atoms with van der Waals surface area (Å²) in [6.07, 6.45) is 2.55. The van der Waals surface area contributed by atoms with E-state index < -0.39 is 0 Å². The van der Waals surface area contributed by atoms with Gasteiger partial charge in [-0.2, -0.15) is 0 Å². The normalized spacial score (nSPS) is 16.8. The third kappa shape index (κ3) is 2.85. The first kappa shape index (κ1) is 13.2. The summed E-state index contributed by atoms with van der Waals surface area (Å²) in [6.45, 7) is 2.57. The van der Waals surface area contributed by atoms with Crippen LogP contribution in [0.4, 0.5) is 0 Å². The summed E-state index contributed by atoms with van der Waals surface area (Å²) in [5.74, 6) is 0.0921.